The molecule has 64 heavy (non-hydrogen) atoms. The van der Waals surface area contributed by atoms with Gasteiger partial charge in [-0.15, -0.1) is 0 Å². The molecule has 3 heteroatoms. The van der Waals surface area contributed by atoms with Gasteiger partial charge in [0.2, 0.25) is 0 Å². The summed E-state index contributed by atoms with van der Waals surface area (Å²) in [6.07, 6.45) is 0. The van der Waals surface area contributed by atoms with Crippen LogP contribution in [0.4, 0.5) is 0 Å². The van der Waals surface area contributed by atoms with E-state index in [-0.39, 0.29) is 0 Å². The van der Waals surface area contributed by atoms with Crippen molar-refractivity contribution >= 4 is 54.3 Å². The quantitative estimate of drug-likeness (QED) is 0.119. The Morgan fingerprint density at radius 3 is 1.53 bits per heavy atom. The van der Waals surface area contributed by atoms with Crippen molar-refractivity contribution in [3.63, 3.8) is 0 Å². The van der Waals surface area contributed by atoms with E-state index >= 15 is 0 Å². The van der Waals surface area contributed by atoms with Crippen LogP contribution in [0.2, 0.25) is 0 Å². The number of pyridine rings is 3. The number of benzene rings is 9. The molecule has 0 fully saturated rings. The van der Waals surface area contributed by atoms with Crippen molar-refractivity contribution in [2.24, 2.45) is 0 Å². The van der Waals surface area contributed by atoms with Crippen LogP contribution in [0.15, 0.2) is 231 Å². The monoisotopic (exact) mass is 815 g/mol. The first kappa shape index (κ1) is 37.5. The number of aromatic nitrogens is 3. The van der Waals surface area contributed by atoms with Gasteiger partial charge in [0, 0.05) is 38.2 Å². The average Bonchev–Trinajstić information content (AvgIpc) is 3.37. The van der Waals surface area contributed by atoms with Crippen LogP contribution in [0.3, 0.4) is 0 Å². The maximum atomic E-state index is 5.39. The van der Waals surface area contributed by atoms with Gasteiger partial charge < -0.3 is 0 Å². The highest BCUT2D eigenvalue weighted by atomic mass is 14.8. The van der Waals surface area contributed by atoms with Crippen molar-refractivity contribution in [1.82, 2.24) is 15.0 Å². The third-order valence-corrected chi connectivity index (χ3v) is 13.1. The summed E-state index contributed by atoms with van der Waals surface area (Å²) in [5, 5.41) is 7.87. The Bertz CT molecular complexity index is 3690. The van der Waals surface area contributed by atoms with Gasteiger partial charge in [-0.25, -0.2) is 15.0 Å². The van der Waals surface area contributed by atoms with Crippen LogP contribution < -0.4 is 0 Å². The fourth-order valence-electron chi connectivity index (χ4n) is 9.99. The van der Waals surface area contributed by atoms with E-state index < -0.39 is 5.41 Å². The summed E-state index contributed by atoms with van der Waals surface area (Å²) >= 11 is 0. The fraction of sp³-hybridized carbons (Fsp3) is 0.0328. The largest absolute Gasteiger partial charge is 0.247 e. The number of para-hydroxylation sites is 1. The summed E-state index contributed by atoms with van der Waals surface area (Å²) in [5.74, 6) is 0. The third kappa shape index (κ3) is 6.16. The summed E-state index contributed by atoms with van der Waals surface area (Å²) in [6.45, 7) is 2.23. The Balaban J connectivity index is 0.993. The Hall–Kier alpha value is -8.27. The van der Waals surface area contributed by atoms with Gasteiger partial charge in [-0.05, 0) is 87.3 Å². The van der Waals surface area contributed by atoms with Gasteiger partial charge in [0.25, 0.3) is 0 Å². The molecule has 0 saturated carbocycles. The van der Waals surface area contributed by atoms with Gasteiger partial charge in [-0.3, -0.25) is 0 Å². The summed E-state index contributed by atoms with van der Waals surface area (Å²) in [7, 11) is 0. The highest BCUT2D eigenvalue weighted by Gasteiger charge is 2.39. The fourth-order valence-corrected chi connectivity index (χ4v) is 9.99. The van der Waals surface area contributed by atoms with Gasteiger partial charge in [-0.1, -0.05) is 194 Å². The molecule has 0 aliphatic rings. The van der Waals surface area contributed by atoms with Crippen LogP contribution in [0.1, 0.15) is 27.8 Å². The minimum absolute atomic E-state index is 0.568. The van der Waals surface area contributed by atoms with Crippen molar-refractivity contribution in [2.45, 2.75) is 12.3 Å². The molecular formula is C61H41N3. The van der Waals surface area contributed by atoms with Crippen molar-refractivity contribution in [1.29, 1.82) is 0 Å². The number of nitrogens with zero attached hydrogens (tertiary/aromatic N) is 3. The summed E-state index contributed by atoms with van der Waals surface area (Å²) < 4.78 is 0. The molecule has 12 aromatic rings. The predicted octanol–water partition coefficient (Wildman–Crippen LogP) is 15.3. The maximum absolute atomic E-state index is 5.39. The molecule has 3 heterocycles. The van der Waals surface area contributed by atoms with E-state index in [1.165, 1.54) is 33.2 Å². The lowest BCUT2D eigenvalue weighted by molar-refractivity contribution is 0.740. The van der Waals surface area contributed by atoms with Crippen molar-refractivity contribution in [2.75, 3.05) is 0 Å². The van der Waals surface area contributed by atoms with E-state index in [0.29, 0.717) is 0 Å². The predicted molar refractivity (Wildman–Crippen MR) is 267 cm³/mol. The van der Waals surface area contributed by atoms with Crippen LogP contribution >= 0.6 is 0 Å². The SMILES string of the molecule is Cc1ccccc1C(c1ccccc1)(c1ccccc1)c1ccc2c(-c3ccc4cc(-c5ccc6ccc7ccc(-c8ccccc8)nc7c6n5)ccc4c3)nc3ccccc3c2c1. The minimum Gasteiger partial charge on any atom is -0.247 e. The number of rotatable bonds is 7. The molecule has 300 valence electrons. The first-order chi connectivity index (χ1) is 31.6. The molecule has 0 atom stereocenters. The molecule has 0 aliphatic carbocycles. The molecule has 0 amide bonds. The van der Waals surface area contributed by atoms with Gasteiger partial charge in [0.05, 0.1) is 39.0 Å². The molecule has 0 unspecified atom stereocenters. The normalized spacial score (nSPS) is 11.8. The van der Waals surface area contributed by atoms with Crippen LogP contribution in [0, 0.1) is 6.92 Å². The van der Waals surface area contributed by atoms with Crippen LogP contribution in [0.25, 0.3) is 88.0 Å². The smallest absolute Gasteiger partial charge is 0.0972 e. The van der Waals surface area contributed by atoms with Crippen molar-refractivity contribution < 1.29 is 0 Å². The van der Waals surface area contributed by atoms with E-state index in [9.17, 15) is 0 Å². The van der Waals surface area contributed by atoms with E-state index in [2.05, 4.69) is 231 Å². The number of hydrogen-bond acceptors (Lipinski definition) is 3. The van der Waals surface area contributed by atoms with E-state index in [4.69, 9.17) is 15.0 Å². The Kier molecular flexibility index (Phi) is 8.94. The molecule has 0 bridgehead atoms. The highest BCUT2D eigenvalue weighted by Crippen LogP contribution is 2.48. The molecule has 9 aromatic carbocycles. The first-order valence-electron chi connectivity index (χ1n) is 21.9. The maximum Gasteiger partial charge on any atom is 0.0972 e. The first-order valence-corrected chi connectivity index (χ1v) is 21.9. The lowest BCUT2D eigenvalue weighted by Crippen LogP contribution is -2.31. The summed E-state index contributed by atoms with van der Waals surface area (Å²) in [6, 6.07) is 82.9. The van der Waals surface area contributed by atoms with E-state index in [1.807, 2.05) is 6.07 Å². The number of hydrogen-bond donors (Lipinski definition) is 0. The minimum atomic E-state index is -0.568. The van der Waals surface area contributed by atoms with Gasteiger partial charge in [-0.2, -0.15) is 0 Å². The topological polar surface area (TPSA) is 38.7 Å². The molecule has 0 radical (unpaired) electrons. The molecule has 0 spiro atoms. The summed E-state index contributed by atoms with van der Waals surface area (Å²) in [4.78, 5) is 15.8. The Labute approximate surface area is 372 Å². The molecule has 0 saturated heterocycles. The zero-order chi connectivity index (χ0) is 42.6. The molecular weight excluding hydrogens is 775 g/mol. The molecule has 3 aromatic heterocycles. The lowest BCUT2D eigenvalue weighted by atomic mass is 9.64. The lowest BCUT2D eigenvalue weighted by Gasteiger charge is -2.38. The van der Waals surface area contributed by atoms with Crippen molar-refractivity contribution in [3.05, 3.63) is 258 Å². The van der Waals surface area contributed by atoms with E-state index in [0.717, 1.165) is 82.6 Å². The molecule has 3 nitrogen and oxygen atoms in total. The van der Waals surface area contributed by atoms with Gasteiger partial charge in [0.15, 0.2) is 0 Å². The zero-order valence-electron chi connectivity index (χ0n) is 35.3. The Morgan fingerprint density at radius 1 is 0.328 bits per heavy atom. The summed E-state index contributed by atoms with van der Waals surface area (Å²) in [5.41, 5.74) is 14.5. The number of aryl methyl sites for hydroxylation is 1. The zero-order valence-corrected chi connectivity index (χ0v) is 35.3. The van der Waals surface area contributed by atoms with E-state index in [1.54, 1.807) is 0 Å². The van der Waals surface area contributed by atoms with Crippen LogP contribution in [0.5, 0.6) is 0 Å². The third-order valence-electron chi connectivity index (χ3n) is 13.1. The van der Waals surface area contributed by atoms with Crippen molar-refractivity contribution in [3.8, 4) is 33.8 Å². The average molecular weight is 816 g/mol. The number of fused-ring (bicyclic) bond motifs is 7. The van der Waals surface area contributed by atoms with Crippen LogP contribution in [-0.4, -0.2) is 15.0 Å². The molecule has 12 rings (SSSR count). The van der Waals surface area contributed by atoms with Crippen LogP contribution in [-0.2, 0) is 5.41 Å². The van der Waals surface area contributed by atoms with Gasteiger partial charge >= 0.3 is 0 Å². The Morgan fingerprint density at radius 2 is 0.859 bits per heavy atom. The second-order valence-corrected chi connectivity index (χ2v) is 16.8. The van der Waals surface area contributed by atoms with Gasteiger partial charge in [0.1, 0.15) is 0 Å². The second kappa shape index (κ2) is 15.3. The molecule has 0 N–H and O–H groups in total. The standard InChI is InChI=1S/C61H41N3/c1-40-15-11-13-23-54(40)61(48-18-7-3-8-19-48,49-20-9-4-10-21-49)50-33-34-52-53(39-50)51-22-12-14-24-57(51)64-58(52)47-30-28-44-37-46(29-27-45(44)38-47)56-36-32-43-26-25-42-31-35-55(41-16-5-2-6-17-41)62-59(42)60(43)63-56/h2-39H,1H3. The highest BCUT2D eigenvalue weighted by molar-refractivity contribution is 6.12. The second-order valence-electron chi connectivity index (χ2n) is 16.8. The molecule has 0 aliphatic heterocycles.